The van der Waals surface area contributed by atoms with E-state index in [1.54, 1.807) is 6.92 Å². The van der Waals surface area contributed by atoms with Crippen LogP contribution in [0, 0.1) is 0 Å². The van der Waals surface area contributed by atoms with Gasteiger partial charge < -0.3 is 20.3 Å². The number of ether oxygens (including phenoxy) is 1. The Morgan fingerprint density at radius 2 is 1.90 bits per heavy atom. The number of aliphatic hydroxyl groups is 2. The van der Waals surface area contributed by atoms with E-state index in [-0.39, 0.29) is 25.7 Å². The lowest BCUT2D eigenvalue weighted by Crippen LogP contribution is -2.53. The summed E-state index contributed by atoms with van der Waals surface area (Å²) in [7, 11) is 0. The van der Waals surface area contributed by atoms with Gasteiger partial charge in [-0.2, -0.15) is 0 Å². The second kappa shape index (κ2) is 7.26. The normalized spacial score (nSPS) is 11.5. The van der Waals surface area contributed by atoms with Crippen LogP contribution in [0.4, 0.5) is 0 Å². The van der Waals surface area contributed by atoms with Crippen molar-refractivity contribution in [3.8, 4) is 5.75 Å². The quantitative estimate of drug-likeness (QED) is 0.698. The van der Waals surface area contributed by atoms with Gasteiger partial charge in [-0.15, -0.1) is 0 Å². The molecule has 1 aromatic carbocycles. The predicted octanol–water partition coefficient (Wildman–Crippen LogP) is 1.05. The fourth-order valence-electron chi connectivity index (χ4n) is 1.73. The van der Waals surface area contributed by atoms with E-state index >= 15 is 0 Å². The van der Waals surface area contributed by atoms with Crippen molar-refractivity contribution in [3.63, 3.8) is 0 Å². The molecule has 5 nitrogen and oxygen atoms in total. The summed E-state index contributed by atoms with van der Waals surface area (Å²) in [5.74, 6) is 0.593. The van der Waals surface area contributed by atoms with Gasteiger partial charge in [-0.3, -0.25) is 4.79 Å². The molecule has 0 atom stereocenters. The summed E-state index contributed by atoms with van der Waals surface area (Å²) in [5.41, 5.74) is 0.00486. The Hall–Kier alpha value is -1.59. The maximum atomic E-state index is 11.8. The van der Waals surface area contributed by atoms with E-state index in [0.29, 0.717) is 11.7 Å². The van der Waals surface area contributed by atoms with Crippen LogP contribution >= 0.6 is 0 Å². The number of aliphatic hydroxyl groups excluding tert-OH is 2. The number of para-hydroxylation sites is 1. The highest BCUT2D eigenvalue weighted by Crippen LogP contribution is 2.25. The number of carbonyl (C=O) groups is 1. The number of rotatable bonds is 7. The Morgan fingerprint density at radius 1 is 1.30 bits per heavy atom. The number of amides is 1. The predicted molar refractivity (Wildman–Crippen MR) is 76.7 cm³/mol. The third kappa shape index (κ3) is 4.51. The van der Waals surface area contributed by atoms with Crippen molar-refractivity contribution < 1.29 is 19.7 Å². The van der Waals surface area contributed by atoms with Crippen LogP contribution in [0.2, 0.25) is 0 Å². The first-order valence-electron chi connectivity index (χ1n) is 6.66. The Morgan fingerprint density at radius 3 is 2.45 bits per heavy atom. The molecule has 0 aliphatic heterocycles. The summed E-state index contributed by atoms with van der Waals surface area (Å²) >= 11 is 0. The summed E-state index contributed by atoms with van der Waals surface area (Å²) < 4.78 is 5.52. The van der Waals surface area contributed by atoms with Crippen molar-refractivity contribution in [2.75, 3.05) is 19.8 Å². The van der Waals surface area contributed by atoms with E-state index in [9.17, 15) is 4.79 Å². The largest absolute Gasteiger partial charge is 0.483 e. The topological polar surface area (TPSA) is 78.8 Å². The molecular weight excluding hydrogens is 258 g/mol. The van der Waals surface area contributed by atoms with Crippen LogP contribution in [0.15, 0.2) is 24.3 Å². The van der Waals surface area contributed by atoms with Gasteiger partial charge >= 0.3 is 0 Å². The van der Waals surface area contributed by atoms with Crippen molar-refractivity contribution in [3.05, 3.63) is 29.8 Å². The molecular formula is C15H23NO4. The Labute approximate surface area is 119 Å². The van der Waals surface area contributed by atoms with E-state index in [1.807, 2.05) is 24.3 Å². The first-order chi connectivity index (χ1) is 9.41. The van der Waals surface area contributed by atoms with Crippen LogP contribution in [0.25, 0.3) is 0 Å². The molecule has 0 unspecified atom stereocenters. The molecule has 112 valence electrons. The Kier molecular flexibility index (Phi) is 5.98. The zero-order valence-corrected chi connectivity index (χ0v) is 12.2. The van der Waals surface area contributed by atoms with Crippen LogP contribution in [-0.4, -0.2) is 41.5 Å². The molecule has 0 aliphatic rings. The number of benzene rings is 1. The minimum Gasteiger partial charge on any atom is -0.483 e. The molecule has 0 aliphatic carbocycles. The standard InChI is InChI=1S/C15H23NO4/c1-11(2)12-6-4-5-7-13(12)20-8-14(19)16-15(3,9-17)10-18/h4-7,11,17-18H,8-10H2,1-3H3,(H,16,19). The highest BCUT2D eigenvalue weighted by atomic mass is 16.5. The third-order valence-corrected chi connectivity index (χ3v) is 3.04. The molecule has 3 N–H and O–H groups in total. The highest BCUT2D eigenvalue weighted by molar-refractivity contribution is 5.78. The van der Waals surface area contributed by atoms with Crippen molar-refractivity contribution in [1.82, 2.24) is 5.32 Å². The molecule has 0 aromatic heterocycles. The monoisotopic (exact) mass is 281 g/mol. The van der Waals surface area contributed by atoms with Crippen LogP contribution < -0.4 is 10.1 Å². The number of carbonyl (C=O) groups excluding carboxylic acids is 1. The number of hydrogen-bond acceptors (Lipinski definition) is 4. The van der Waals surface area contributed by atoms with Crippen molar-refractivity contribution in [1.29, 1.82) is 0 Å². The van der Waals surface area contributed by atoms with E-state index in [0.717, 1.165) is 5.56 Å². The summed E-state index contributed by atoms with van der Waals surface area (Å²) in [5, 5.41) is 20.8. The maximum absolute atomic E-state index is 11.8. The number of nitrogens with one attached hydrogen (secondary N) is 1. The lowest BCUT2D eigenvalue weighted by atomic mass is 10.0. The summed E-state index contributed by atoms with van der Waals surface area (Å²) in [6.07, 6.45) is 0. The first-order valence-corrected chi connectivity index (χ1v) is 6.66. The smallest absolute Gasteiger partial charge is 0.258 e. The van der Waals surface area contributed by atoms with Crippen LogP contribution in [0.5, 0.6) is 5.75 Å². The van der Waals surface area contributed by atoms with Crippen molar-refractivity contribution in [2.24, 2.45) is 0 Å². The summed E-state index contributed by atoms with van der Waals surface area (Å²) in [6, 6.07) is 7.56. The molecule has 1 rings (SSSR count). The third-order valence-electron chi connectivity index (χ3n) is 3.04. The SMILES string of the molecule is CC(C)c1ccccc1OCC(=O)NC(C)(CO)CO. The minimum atomic E-state index is -1.03. The van der Waals surface area contributed by atoms with Gasteiger partial charge in [0.15, 0.2) is 6.61 Å². The molecule has 0 bridgehead atoms. The molecule has 0 heterocycles. The molecule has 0 saturated heterocycles. The Balaban J connectivity index is 2.62. The molecule has 1 aromatic rings. The average molecular weight is 281 g/mol. The van der Waals surface area contributed by atoms with E-state index in [2.05, 4.69) is 19.2 Å². The lowest BCUT2D eigenvalue weighted by Gasteiger charge is -2.26. The first kappa shape index (κ1) is 16.5. The average Bonchev–Trinajstić information content (AvgIpc) is 2.45. The van der Waals surface area contributed by atoms with Gasteiger partial charge in [0, 0.05) is 0 Å². The van der Waals surface area contributed by atoms with Crippen LogP contribution in [-0.2, 0) is 4.79 Å². The van der Waals surface area contributed by atoms with Gasteiger partial charge in [-0.1, -0.05) is 32.0 Å². The summed E-state index contributed by atoms with van der Waals surface area (Å²) in [4.78, 5) is 11.8. The molecule has 0 spiro atoms. The minimum absolute atomic E-state index is 0.153. The van der Waals surface area contributed by atoms with Gasteiger partial charge in [0.1, 0.15) is 5.75 Å². The van der Waals surface area contributed by atoms with Gasteiger partial charge in [0.2, 0.25) is 0 Å². The van der Waals surface area contributed by atoms with Gasteiger partial charge in [0.25, 0.3) is 5.91 Å². The van der Waals surface area contributed by atoms with E-state index < -0.39 is 5.54 Å². The zero-order chi connectivity index (χ0) is 15.2. The van der Waals surface area contributed by atoms with Crippen LogP contribution in [0.1, 0.15) is 32.3 Å². The van der Waals surface area contributed by atoms with Crippen LogP contribution in [0.3, 0.4) is 0 Å². The fraction of sp³-hybridized carbons (Fsp3) is 0.533. The molecule has 0 radical (unpaired) electrons. The summed E-state index contributed by atoms with van der Waals surface area (Å²) in [6.45, 7) is 4.84. The van der Waals surface area contributed by atoms with E-state index in [1.165, 1.54) is 0 Å². The Bertz CT molecular complexity index is 441. The molecule has 1 amide bonds. The number of hydrogen-bond donors (Lipinski definition) is 3. The van der Waals surface area contributed by atoms with Crippen molar-refractivity contribution >= 4 is 5.91 Å². The molecule has 0 saturated carbocycles. The van der Waals surface area contributed by atoms with Gasteiger partial charge in [-0.05, 0) is 24.5 Å². The highest BCUT2D eigenvalue weighted by Gasteiger charge is 2.24. The second-order valence-corrected chi connectivity index (χ2v) is 5.41. The molecule has 0 fully saturated rings. The van der Waals surface area contributed by atoms with Gasteiger partial charge in [-0.25, -0.2) is 0 Å². The van der Waals surface area contributed by atoms with E-state index in [4.69, 9.17) is 14.9 Å². The molecule has 20 heavy (non-hydrogen) atoms. The van der Waals surface area contributed by atoms with Crippen molar-refractivity contribution in [2.45, 2.75) is 32.2 Å². The second-order valence-electron chi connectivity index (χ2n) is 5.41. The fourth-order valence-corrected chi connectivity index (χ4v) is 1.73. The van der Waals surface area contributed by atoms with Gasteiger partial charge in [0.05, 0.1) is 18.8 Å². The lowest BCUT2D eigenvalue weighted by molar-refractivity contribution is -0.126. The maximum Gasteiger partial charge on any atom is 0.258 e. The molecule has 5 heteroatoms. The zero-order valence-electron chi connectivity index (χ0n) is 12.2.